The summed E-state index contributed by atoms with van der Waals surface area (Å²) in [5, 5.41) is 9.30. The fourth-order valence-electron chi connectivity index (χ4n) is 1.90. The highest BCUT2D eigenvalue weighted by molar-refractivity contribution is 5.13. The Labute approximate surface area is 96.6 Å². The molecule has 16 heavy (non-hydrogen) atoms. The van der Waals surface area contributed by atoms with Crippen LogP contribution >= 0.6 is 0 Å². The van der Waals surface area contributed by atoms with Crippen molar-refractivity contribution in [3.63, 3.8) is 0 Å². The Kier molecular flexibility index (Phi) is 4.14. The van der Waals surface area contributed by atoms with Crippen LogP contribution in [-0.2, 0) is 11.3 Å². The second-order valence-electron chi connectivity index (χ2n) is 4.29. The van der Waals surface area contributed by atoms with Crippen LogP contribution in [0, 0.1) is 5.92 Å². The topological polar surface area (TPSA) is 29.5 Å². The molecule has 2 nitrogen and oxygen atoms in total. The van der Waals surface area contributed by atoms with Gasteiger partial charge in [-0.25, -0.2) is 0 Å². The third-order valence-electron chi connectivity index (χ3n) is 2.88. The van der Waals surface area contributed by atoms with Crippen LogP contribution in [0.3, 0.4) is 0 Å². The highest BCUT2D eigenvalue weighted by atomic mass is 16.5. The molecule has 1 aliphatic carbocycles. The SMILES string of the molecule is O[C@@H]1C=C[C@@H](COCc2ccccc2)CC1. The molecule has 0 fully saturated rings. The molecule has 1 aromatic carbocycles. The normalized spacial score (nSPS) is 24.6. The molecule has 2 atom stereocenters. The summed E-state index contributed by atoms with van der Waals surface area (Å²) in [6.45, 7) is 1.42. The molecule has 1 aromatic rings. The van der Waals surface area contributed by atoms with Gasteiger partial charge in [0.25, 0.3) is 0 Å². The minimum absolute atomic E-state index is 0.245. The van der Waals surface area contributed by atoms with Gasteiger partial charge < -0.3 is 9.84 Å². The van der Waals surface area contributed by atoms with Crippen molar-refractivity contribution in [2.75, 3.05) is 6.61 Å². The number of hydrogen-bond donors (Lipinski definition) is 1. The first-order valence-electron chi connectivity index (χ1n) is 5.82. The largest absolute Gasteiger partial charge is 0.389 e. The van der Waals surface area contributed by atoms with Crippen molar-refractivity contribution in [3.05, 3.63) is 48.0 Å². The zero-order valence-corrected chi connectivity index (χ0v) is 9.38. The summed E-state index contributed by atoms with van der Waals surface area (Å²) in [5.41, 5.74) is 1.21. The van der Waals surface area contributed by atoms with Gasteiger partial charge in [0.05, 0.1) is 19.3 Å². The maximum absolute atomic E-state index is 9.30. The van der Waals surface area contributed by atoms with Crippen molar-refractivity contribution < 1.29 is 9.84 Å². The summed E-state index contributed by atoms with van der Waals surface area (Å²) < 4.78 is 5.66. The molecule has 0 aliphatic heterocycles. The predicted octanol–water partition coefficient (Wildman–Crippen LogP) is 2.53. The Balaban J connectivity index is 1.71. The lowest BCUT2D eigenvalue weighted by molar-refractivity contribution is 0.0879. The van der Waals surface area contributed by atoms with Crippen molar-refractivity contribution in [1.82, 2.24) is 0 Å². The summed E-state index contributed by atoms with van der Waals surface area (Å²) in [6.07, 6.45) is 5.58. The van der Waals surface area contributed by atoms with Gasteiger partial charge in [-0.05, 0) is 18.4 Å². The van der Waals surface area contributed by atoms with Crippen LogP contribution in [0.15, 0.2) is 42.5 Å². The van der Waals surface area contributed by atoms with Crippen LogP contribution in [0.1, 0.15) is 18.4 Å². The fourth-order valence-corrected chi connectivity index (χ4v) is 1.90. The van der Waals surface area contributed by atoms with Crippen molar-refractivity contribution in [2.45, 2.75) is 25.6 Å². The van der Waals surface area contributed by atoms with Crippen LogP contribution in [0.4, 0.5) is 0 Å². The first kappa shape index (κ1) is 11.4. The van der Waals surface area contributed by atoms with Gasteiger partial charge in [-0.3, -0.25) is 0 Å². The van der Waals surface area contributed by atoms with Gasteiger partial charge in [-0.15, -0.1) is 0 Å². The van der Waals surface area contributed by atoms with E-state index in [1.54, 1.807) is 0 Å². The van der Waals surface area contributed by atoms with Crippen LogP contribution < -0.4 is 0 Å². The van der Waals surface area contributed by atoms with Crippen LogP contribution in [0.2, 0.25) is 0 Å². The monoisotopic (exact) mass is 218 g/mol. The van der Waals surface area contributed by atoms with E-state index in [1.807, 2.05) is 24.3 Å². The zero-order chi connectivity index (χ0) is 11.2. The Morgan fingerprint density at radius 2 is 1.94 bits per heavy atom. The Morgan fingerprint density at radius 1 is 1.12 bits per heavy atom. The Morgan fingerprint density at radius 3 is 2.62 bits per heavy atom. The van der Waals surface area contributed by atoms with Gasteiger partial charge in [0.2, 0.25) is 0 Å². The molecule has 0 aromatic heterocycles. The molecule has 0 saturated carbocycles. The summed E-state index contributed by atoms with van der Waals surface area (Å²) in [7, 11) is 0. The molecule has 0 unspecified atom stereocenters. The maximum Gasteiger partial charge on any atom is 0.0721 e. The molecule has 0 bridgehead atoms. The average molecular weight is 218 g/mol. The number of rotatable bonds is 4. The van der Waals surface area contributed by atoms with E-state index < -0.39 is 0 Å². The fraction of sp³-hybridized carbons (Fsp3) is 0.429. The van der Waals surface area contributed by atoms with Gasteiger partial charge in [0.1, 0.15) is 0 Å². The third kappa shape index (κ3) is 3.47. The quantitative estimate of drug-likeness (QED) is 0.787. The molecule has 0 saturated heterocycles. The molecule has 2 rings (SSSR count). The van der Waals surface area contributed by atoms with Gasteiger partial charge in [0, 0.05) is 5.92 Å². The lowest BCUT2D eigenvalue weighted by Crippen LogP contribution is -2.16. The minimum atomic E-state index is -0.245. The molecular formula is C14H18O2. The molecule has 86 valence electrons. The standard InChI is InChI=1S/C14H18O2/c15-14-8-6-13(7-9-14)11-16-10-12-4-2-1-3-5-12/h1-6,8,13-15H,7,9-11H2/t13-,14-/m1/s1. The highest BCUT2D eigenvalue weighted by Crippen LogP contribution is 2.18. The number of aliphatic hydroxyl groups excluding tert-OH is 1. The Hall–Kier alpha value is -1.12. The van der Waals surface area contributed by atoms with E-state index in [2.05, 4.69) is 18.2 Å². The minimum Gasteiger partial charge on any atom is -0.389 e. The first-order chi connectivity index (χ1) is 7.84. The van der Waals surface area contributed by atoms with E-state index in [1.165, 1.54) is 5.56 Å². The van der Waals surface area contributed by atoms with E-state index in [9.17, 15) is 5.11 Å². The number of hydrogen-bond acceptors (Lipinski definition) is 2. The maximum atomic E-state index is 9.30. The van der Waals surface area contributed by atoms with E-state index >= 15 is 0 Å². The van der Waals surface area contributed by atoms with Crippen molar-refractivity contribution in [3.8, 4) is 0 Å². The third-order valence-corrected chi connectivity index (χ3v) is 2.88. The molecule has 0 amide bonds. The van der Waals surface area contributed by atoms with E-state index in [4.69, 9.17) is 4.74 Å². The lowest BCUT2D eigenvalue weighted by Gasteiger charge is -2.19. The molecule has 1 aliphatic rings. The van der Waals surface area contributed by atoms with Crippen LogP contribution in [0.25, 0.3) is 0 Å². The molecular weight excluding hydrogens is 200 g/mol. The molecule has 2 heteroatoms. The average Bonchev–Trinajstić information content (AvgIpc) is 2.33. The highest BCUT2D eigenvalue weighted by Gasteiger charge is 2.13. The summed E-state index contributed by atoms with van der Waals surface area (Å²) >= 11 is 0. The van der Waals surface area contributed by atoms with Gasteiger partial charge in [-0.2, -0.15) is 0 Å². The van der Waals surface area contributed by atoms with Gasteiger partial charge in [0.15, 0.2) is 0 Å². The van der Waals surface area contributed by atoms with E-state index in [0.717, 1.165) is 19.4 Å². The van der Waals surface area contributed by atoms with Crippen molar-refractivity contribution >= 4 is 0 Å². The van der Waals surface area contributed by atoms with Gasteiger partial charge >= 0.3 is 0 Å². The first-order valence-corrected chi connectivity index (χ1v) is 5.82. The second-order valence-corrected chi connectivity index (χ2v) is 4.29. The summed E-state index contributed by atoms with van der Waals surface area (Å²) in [5.74, 6) is 0.465. The van der Waals surface area contributed by atoms with Crippen LogP contribution in [-0.4, -0.2) is 17.8 Å². The number of ether oxygens (including phenoxy) is 1. The second kappa shape index (κ2) is 5.83. The molecule has 0 radical (unpaired) electrons. The van der Waals surface area contributed by atoms with E-state index in [0.29, 0.717) is 12.5 Å². The predicted molar refractivity (Wildman–Crippen MR) is 64.0 cm³/mol. The molecule has 0 heterocycles. The van der Waals surface area contributed by atoms with E-state index in [-0.39, 0.29) is 6.10 Å². The number of benzene rings is 1. The number of aliphatic hydroxyl groups is 1. The summed E-state index contributed by atoms with van der Waals surface area (Å²) in [6, 6.07) is 10.2. The van der Waals surface area contributed by atoms with Gasteiger partial charge in [-0.1, -0.05) is 42.5 Å². The summed E-state index contributed by atoms with van der Waals surface area (Å²) in [4.78, 5) is 0. The smallest absolute Gasteiger partial charge is 0.0721 e. The zero-order valence-electron chi connectivity index (χ0n) is 9.38. The molecule has 1 N–H and O–H groups in total. The van der Waals surface area contributed by atoms with Crippen molar-refractivity contribution in [2.24, 2.45) is 5.92 Å². The molecule has 0 spiro atoms. The van der Waals surface area contributed by atoms with Crippen molar-refractivity contribution in [1.29, 1.82) is 0 Å². The lowest BCUT2D eigenvalue weighted by atomic mass is 9.95. The van der Waals surface area contributed by atoms with Crippen LogP contribution in [0.5, 0.6) is 0 Å². The Bertz CT molecular complexity index is 332.